The van der Waals surface area contributed by atoms with E-state index < -0.39 is 0 Å². The zero-order chi connectivity index (χ0) is 18.9. The summed E-state index contributed by atoms with van der Waals surface area (Å²) in [4.78, 5) is 23.9. The molecule has 1 atom stereocenters. The minimum absolute atomic E-state index is 0. The van der Waals surface area contributed by atoms with Crippen LogP contribution in [-0.4, -0.2) is 25.0 Å². The van der Waals surface area contributed by atoms with Crippen molar-refractivity contribution in [2.24, 2.45) is 5.73 Å². The lowest BCUT2D eigenvalue weighted by Crippen LogP contribution is -2.29. The normalized spacial score (nSPS) is 11.1. The van der Waals surface area contributed by atoms with Crippen molar-refractivity contribution in [1.29, 1.82) is 0 Å². The summed E-state index contributed by atoms with van der Waals surface area (Å²) in [6.45, 7) is 4.33. The summed E-state index contributed by atoms with van der Waals surface area (Å²) in [6.07, 6.45) is 0.147. The maximum absolute atomic E-state index is 12.4. The van der Waals surface area contributed by atoms with E-state index in [0.29, 0.717) is 24.6 Å². The van der Waals surface area contributed by atoms with E-state index in [4.69, 9.17) is 10.5 Å². The molecule has 2 aromatic rings. The van der Waals surface area contributed by atoms with Gasteiger partial charge in [-0.1, -0.05) is 29.8 Å². The number of anilines is 1. The molecule has 0 aliphatic carbocycles. The third kappa shape index (κ3) is 7.68. The first kappa shape index (κ1) is 22.5. The van der Waals surface area contributed by atoms with E-state index in [1.807, 2.05) is 31.2 Å². The smallest absolute Gasteiger partial charge is 0.226 e. The van der Waals surface area contributed by atoms with Gasteiger partial charge >= 0.3 is 0 Å². The standard InChI is InChI=1S/C20H25N3O3.ClH/c1-14-3-5-16(6-4-14)19(22-15(2)24)13-20(25)23-17-7-9-18(10-8-17)26-12-11-21;/h3-10,19H,11-13,21H2,1-2H3,(H,22,24)(H,23,25);1H. The molecule has 0 fully saturated rings. The highest BCUT2D eigenvalue weighted by atomic mass is 35.5. The first-order valence-corrected chi connectivity index (χ1v) is 8.54. The Morgan fingerprint density at radius 2 is 1.70 bits per heavy atom. The van der Waals surface area contributed by atoms with Crippen LogP contribution >= 0.6 is 12.4 Å². The summed E-state index contributed by atoms with van der Waals surface area (Å²) in [7, 11) is 0. The van der Waals surface area contributed by atoms with Crippen molar-refractivity contribution in [2.75, 3.05) is 18.5 Å². The molecule has 2 amide bonds. The van der Waals surface area contributed by atoms with Crippen LogP contribution in [0.5, 0.6) is 5.75 Å². The molecule has 0 spiro atoms. The fourth-order valence-corrected chi connectivity index (χ4v) is 2.51. The summed E-state index contributed by atoms with van der Waals surface area (Å²) in [5, 5.41) is 5.67. The molecule has 7 heteroatoms. The molecule has 27 heavy (non-hydrogen) atoms. The van der Waals surface area contributed by atoms with Gasteiger partial charge in [-0.3, -0.25) is 9.59 Å². The number of aryl methyl sites for hydroxylation is 1. The molecule has 0 heterocycles. The Kier molecular flexibility index (Phi) is 9.33. The van der Waals surface area contributed by atoms with Gasteiger partial charge in [-0.25, -0.2) is 0 Å². The SMILES string of the molecule is CC(=O)NC(CC(=O)Nc1ccc(OCCN)cc1)c1ccc(C)cc1.Cl. The number of ether oxygens (including phenoxy) is 1. The molecule has 6 nitrogen and oxygen atoms in total. The van der Waals surface area contributed by atoms with Gasteiger partial charge in [0.1, 0.15) is 12.4 Å². The van der Waals surface area contributed by atoms with E-state index in [-0.39, 0.29) is 36.7 Å². The average Bonchev–Trinajstić information content (AvgIpc) is 2.61. The van der Waals surface area contributed by atoms with Crippen LogP contribution in [0, 0.1) is 6.92 Å². The van der Waals surface area contributed by atoms with Crippen molar-refractivity contribution in [1.82, 2.24) is 5.32 Å². The predicted molar refractivity (Wildman–Crippen MR) is 109 cm³/mol. The monoisotopic (exact) mass is 391 g/mol. The van der Waals surface area contributed by atoms with Gasteiger partial charge in [0.25, 0.3) is 0 Å². The van der Waals surface area contributed by atoms with Gasteiger partial charge in [0, 0.05) is 19.2 Å². The Labute approximate surface area is 165 Å². The molecule has 146 valence electrons. The number of nitrogens with one attached hydrogen (secondary N) is 2. The minimum Gasteiger partial charge on any atom is -0.492 e. The summed E-state index contributed by atoms with van der Waals surface area (Å²) < 4.78 is 5.41. The summed E-state index contributed by atoms with van der Waals surface area (Å²) in [5.74, 6) is 0.342. The Bertz CT molecular complexity index is 733. The van der Waals surface area contributed by atoms with Crippen LogP contribution in [0.25, 0.3) is 0 Å². The molecule has 2 aromatic carbocycles. The van der Waals surface area contributed by atoms with Gasteiger partial charge in [-0.05, 0) is 36.8 Å². The van der Waals surface area contributed by atoms with Gasteiger partial charge in [0.15, 0.2) is 0 Å². The second-order valence-electron chi connectivity index (χ2n) is 6.08. The Hall–Kier alpha value is -2.57. The quantitative estimate of drug-likeness (QED) is 0.644. The van der Waals surface area contributed by atoms with Crippen molar-refractivity contribution in [2.45, 2.75) is 26.3 Å². The zero-order valence-electron chi connectivity index (χ0n) is 15.5. The number of nitrogens with two attached hydrogens (primary N) is 1. The summed E-state index contributed by atoms with van der Waals surface area (Å²) >= 11 is 0. The maximum atomic E-state index is 12.4. The second kappa shape index (κ2) is 11.2. The molecule has 0 saturated carbocycles. The largest absolute Gasteiger partial charge is 0.492 e. The lowest BCUT2D eigenvalue weighted by Gasteiger charge is -2.18. The van der Waals surface area contributed by atoms with E-state index >= 15 is 0 Å². The van der Waals surface area contributed by atoms with Crippen LogP contribution in [0.3, 0.4) is 0 Å². The lowest BCUT2D eigenvalue weighted by molar-refractivity contribution is -0.120. The van der Waals surface area contributed by atoms with E-state index in [2.05, 4.69) is 10.6 Å². The highest BCUT2D eigenvalue weighted by Crippen LogP contribution is 2.20. The second-order valence-corrected chi connectivity index (χ2v) is 6.08. The van der Waals surface area contributed by atoms with Crippen LogP contribution in [-0.2, 0) is 9.59 Å². The van der Waals surface area contributed by atoms with Gasteiger partial charge in [-0.15, -0.1) is 12.4 Å². The molecule has 0 aliphatic rings. The van der Waals surface area contributed by atoms with Crippen molar-refractivity contribution >= 4 is 29.9 Å². The zero-order valence-corrected chi connectivity index (χ0v) is 16.3. The number of halogens is 1. The van der Waals surface area contributed by atoms with Gasteiger partial charge in [-0.2, -0.15) is 0 Å². The van der Waals surface area contributed by atoms with E-state index in [1.165, 1.54) is 6.92 Å². The van der Waals surface area contributed by atoms with E-state index in [1.54, 1.807) is 24.3 Å². The minimum atomic E-state index is -0.375. The van der Waals surface area contributed by atoms with Crippen LogP contribution < -0.4 is 21.1 Å². The fraction of sp³-hybridized carbons (Fsp3) is 0.300. The van der Waals surface area contributed by atoms with E-state index in [0.717, 1.165) is 11.1 Å². The molecule has 4 N–H and O–H groups in total. The van der Waals surface area contributed by atoms with Crippen LogP contribution in [0.2, 0.25) is 0 Å². The molecule has 0 aromatic heterocycles. The molecule has 0 aliphatic heterocycles. The van der Waals surface area contributed by atoms with Gasteiger partial charge in [0.05, 0.1) is 12.5 Å². The Balaban J connectivity index is 0.00000364. The molecule has 2 rings (SSSR count). The van der Waals surface area contributed by atoms with Crippen LogP contribution in [0.4, 0.5) is 5.69 Å². The molecular weight excluding hydrogens is 366 g/mol. The molecule has 0 bridgehead atoms. The summed E-state index contributed by atoms with van der Waals surface area (Å²) in [6, 6.07) is 14.5. The number of rotatable bonds is 8. The molecule has 1 unspecified atom stereocenters. The number of hydrogen-bond donors (Lipinski definition) is 3. The number of carbonyl (C=O) groups excluding carboxylic acids is 2. The first-order chi connectivity index (χ1) is 12.5. The number of amides is 2. The van der Waals surface area contributed by atoms with Crippen molar-refractivity contribution in [3.8, 4) is 5.75 Å². The van der Waals surface area contributed by atoms with Crippen molar-refractivity contribution < 1.29 is 14.3 Å². The van der Waals surface area contributed by atoms with Gasteiger partial charge < -0.3 is 21.1 Å². The van der Waals surface area contributed by atoms with Crippen molar-refractivity contribution in [3.05, 3.63) is 59.7 Å². The van der Waals surface area contributed by atoms with Crippen LogP contribution in [0.1, 0.15) is 30.5 Å². The third-order valence-electron chi connectivity index (χ3n) is 3.77. The first-order valence-electron chi connectivity index (χ1n) is 8.54. The Morgan fingerprint density at radius 3 is 2.26 bits per heavy atom. The lowest BCUT2D eigenvalue weighted by atomic mass is 10.0. The highest BCUT2D eigenvalue weighted by molar-refractivity contribution is 5.91. The third-order valence-corrected chi connectivity index (χ3v) is 3.77. The predicted octanol–water partition coefficient (Wildman–Crippen LogP) is 2.96. The van der Waals surface area contributed by atoms with Gasteiger partial charge in [0.2, 0.25) is 11.8 Å². The topological polar surface area (TPSA) is 93.5 Å². The van der Waals surface area contributed by atoms with Crippen molar-refractivity contribution in [3.63, 3.8) is 0 Å². The molecule has 0 saturated heterocycles. The molecule has 0 radical (unpaired) electrons. The molecular formula is C20H26ClN3O3. The highest BCUT2D eigenvalue weighted by Gasteiger charge is 2.17. The Morgan fingerprint density at radius 1 is 1.07 bits per heavy atom. The van der Waals surface area contributed by atoms with Crippen LogP contribution in [0.15, 0.2) is 48.5 Å². The summed E-state index contributed by atoms with van der Waals surface area (Å²) in [5.41, 5.74) is 8.08. The number of carbonyl (C=O) groups is 2. The maximum Gasteiger partial charge on any atom is 0.226 e. The average molecular weight is 392 g/mol. The fourth-order valence-electron chi connectivity index (χ4n) is 2.51. The number of hydrogen-bond acceptors (Lipinski definition) is 4. The van der Waals surface area contributed by atoms with E-state index in [9.17, 15) is 9.59 Å². The number of benzene rings is 2.